The Morgan fingerprint density at radius 3 is 2.51 bits per heavy atom. The second-order valence-electron chi connectivity index (χ2n) is 12.3. The number of aromatic nitrogens is 4. The molecule has 2 aliphatic rings. The molecule has 1 atom stereocenters. The first-order chi connectivity index (χ1) is 21.2. The molecule has 4 heterocycles. The molecule has 3 aromatic rings. The zero-order valence-electron chi connectivity index (χ0n) is 25.4. The van der Waals surface area contributed by atoms with Crippen LogP contribution >= 0.6 is 0 Å². The number of nitrogens with zero attached hydrogens (tertiary/aromatic N) is 5. The maximum absolute atomic E-state index is 13.2. The summed E-state index contributed by atoms with van der Waals surface area (Å²) >= 11 is 0. The first-order valence-corrected chi connectivity index (χ1v) is 16.3. The predicted molar refractivity (Wildman–Crippen MR) is 159 cm³/mol. The maximum atomic E-state index is 13.2. The molecule has 45 heavy (non-hydrogen) atoms. The van der Waals surface area contributed by atoms with Crippen LogP contribution in [0.5, 0.6) is 11.8 Å². The van der Waals surface area contributed by atoms with Crippen molar-refractivity contribution < 1.29 is 35.9 Å². The van der Waals surface area contributed by atoms with Gasteiger partial charge in [-0.05, 0) is 82.9 Å². The van der Waals surface area contributed by atoms with Gasteiger partial charge in [0.25, 0.3) is 10.0 Å². The molecule has 0 radical (unpaired) electrons. The number of ether oxygens (including phenoxy) is 2. The summed E-state index contributed by atoms with van der Waals surface area (Å²) in [6.45, 7) is 7.54. The molecular formula is C30H37F3N6O5S. The van der Waals surface area contributed by atoms with Gasteiger partial charge in [0.1, 0.15) is 10.7 Å². The molecule has 0 spiro atoms. The molecule has 244 valence electrons. The van der Waals surface area contributed by atoms with Crippen LogP contribution in [0.25, 0.3) is 5.82 Å². The summed E-state index contributed by atoms with van der Waals surface area (Å²) in [7, 11) is -3.92. The van der Waals surface area contributed by atoms with Gasteiger partial charge in [-0.2, -0.15) is 13.2 Å². The normalized spacial score (nSPS) is 18.9. The molecule has 3 aromatic heterocycles. The van der Waals surface area contributed by atoms with E-state index in [1.807, 2.05) is 19.1 Å². The van der Waals surface area contributed by atoms with Gasteiger partial charge in [0.2, 0.25) is 18.2 Å². The standard InChI is InChI=1S/C30H37F3N6O5S/c1-21-6-8-24(39-14-10-26(37-39)44-16-13-29(11-12-29)30(31,32)33)36-27(21)38-19-22(17-28(38,2)3)5-4-15-43-25-9-7-23(18-34-25)45(41,42)35-20-40/h6-10,14,18,20,22H,4-5,11-13,15-17,19H2,1-3H3,(H,35,40). The minimum absolute atomic E-state index is 0.0508. The molecule has 11 nitrogen and oxygen atoms in total. The smallest absolute Gasteiger partial charge is 0.394 e. The maximum Gasteiger partial charge on any atom is 0.394 e. The molecule has 1 aliphatic carbocycles. The second kappa shape index (κ2) is 12.5. The second-order valence-corrected chi connectivity index (χ2v) is 14.1. The van der Waals surface area contributed by atoms with E-state index in [4.69, 9.17) is 14.5 Å². The Hall–Kier alpha value is -3.88. The molecule has 1 N–H and O–H groups in total. The Morgan fingerprint density at radius 1 is 1.09 bits per heavy atom. The van der Waals surface area contributed by atoms with Crippen LogP contribution in [0.3, 0.4) is 0 Å². The molecule has 1 saturated carbocycles. The highest BCUT2D eigenvalue weighted by Gasteiger charge is 2.62. The van der Waals surface area contributed by atoms with Crippen molar-refractivity contribution in [2.45, 2.75) is 75.9 Å². The van der Waals surface area contributed by atoms with Crippen LogP contribution in [0.1, 0.15) is 57.9 Å². The number of rotatable bonds is 14. The number of pyridine rings is 2. The van der Waals surface area contributed by atoms with Crippen LogP contribution in [-0.2, 0) is 14.8 Å². The SMILES string of the molecule is Cc1ccc(-n2ccc(OCCC3(C(F)(F)F)CC3)n2)nc1N1CC(CCCOc2ccc(S(=O)(=O)NC=O)cn2)CC1(C)C. The van der Waals surface area contributed by atoms with Crippen molar-refractivity contribution in [2.24, 2.45) is 11.3 Å². The highest BCUT2D eigenvalue weighted by Crippen LogP contribution is 2.59. The van der Waals surface area contributed by atoms with Crippen molar-refractivity contribution in [1.29, 1.82) is 0 Å². The van der Waals surface area contributed by atoms with E-state index < -0.39 is 21.6 Å². The Balaban J connectivity index is 1.15. The number of alkyl halides is 3. The molecule has 15 heteroatoms. The number of hydrogen-bond donors (Lipinski definition) is 1. The van der Waals surface area contributed by atoms with Gasteiger partial charge in [-0.3, -0.25) is 9.52 Å². The third-order valence-electron chi connectivity index (χ3n) is 8.59. The lowest BCUT2D eigenvalue weighted by atomic mass is 9.93. The monoisotopic (exact) mass is 650 g/mol. The average Bonchev–Trinajstić information content (AvgIpc) is 3.53. The number of sulfonamides is 1. The summed E-state index contributed by atoms with van der Waals surface area (Å²) in [6.07, 6.45) is 1.58. The van der Waals surface area contributed by atoms with Crippen LogP contribution in [0, 0.1) is 18.3 Å². The Bertz CT molecular complexity index is 1610. The lowest BCUT2D eigenvalue weighted by molar-refractivity contribution is -0.190. The van der Waals surface area contributed by atoms with Crippen molar-refractivity contribution in [1.82, 2.24) is 24.5 Å². The van der Waals surface area contributed by atoms with Crippen LogP contribution in [-0.4, -0.2) is 66.1 Å². The molecule has 1 unspecified atom stereocenters. The molecule has 5 rings (SSSR count). The van der Waals surface area contributed by atoms with Crippen LogP contribution in [0.15, 0.2) is 47.6 Å². The number of halogens is 3. The van der Waals surface area contributed by atoms with Gasteiger partial charge in [0, 0.05) is 30.4 Å². The number of carbonyl (C=O) groups excluding carboxylic acids is 1. The van der Waals surface area contributed by atoms with Crippen molar-refractivity contribution in [3.63, 3.8) is 0 Å². The van der Waals surface area contributed by atoms with E-state index in [1.54, 1.807) is 21.7 Å². The first kappa shape index (κ1) is 32.5. The molecular weight excluding hydrogens is 613 g/mol. The number of hydrogen-bond acceptors (Lipinski definition) is 9. The molecule has 1 amide bonds. The summed E-state index contributed by atoms with van der Waals surface area (Å²) in [6, 6.07) is 8.24. The van der Waals surface area contributed by atoms with Gasteiger partial charge < -0.3 is 14.4 Å². The van der Waals surface area contributed by atoms with Crippen LogP contribution < -0.4 is 19.1 Å². The minimum Gasteiger partial charge on any atom is -0.478 e. The fourth-order valence-electron chi connectivity index (χ4n) is 5.84. The van der Waals surface area contributed by atoms with E-state index in [0.717, 1.165) is 43.4 Å². The minimum atomic E-state index is -4.20. The van der Waals surface area contributed by atoms with Gasteiger partial charge in [-0.1, -0.05) is 6.07 Å². The molecule has 0 bridgehead atoms. The third-order valence-corrected chi connectivity index (χ3v) is 9.85. The quantitative estimate of drug-likeness (QED) is 0.190. The highest BCUT2D eigenvalue weighted by molar-refractivity contribution is 7.90. The summed E-state index contributed by atoms with van der Waals surface area (Å²) in [5.74, 6) is 2.37. The van der Waals surface area contributed by atoms with Crippen molar-refractivity contribution >= 4 is 22.3 Å². The van der Waals surface area contributed by atoms with Crippen LogP contribution in [0.2, 0.25) is 0 Å². The van der Waals surface area contributed by atoms with Gasteiger partial charge >= 0.3 is 6.18 Å². The number of amides is 1. The number of anilines is 1. The number of carbonyl (C=O) groups is 1. The zero-order valence-corrected chi connectivity index (χ0v) is 26.2. The zero-order chi connectivity index (χ0) is 32.5. The molecule has 2 fully saturated rings. The third kappa shape index (κ3) is 7.34. The largest absolute Gasteiger partial charge is 0.478 e. The highest BCUT2D eigenvalue weighted by atomic mass is 32.2. The van der Waals surface area contributed by atoms with Gasteiger partial charge in [-0.15, -0.1) is 5.10 Å². The fourth-order valence-corrected chi connectivity index (χ4v) is 6.54. The van der Waals surface area contributed by atoms with Crippen molar-refractivity contribution in [3.8, 4) is 17.6 Å². The van der Waals surface area contributed by atoms with E-state index in [1.165, 1.54) is 12.1 Å². The Morgan fingerprint density at radius 2 is 1.84 bits per heavy atom. The van der Waals surface area contributed by atoms with Crippen molar-refractivity contribution in [2.75, 3.05) is 24.7 Å². The average molecular weight is 651 g/mol. The number of nitrogens with one attached hydrogen (secondary N) is 1. The fraction of sp³-hybridized carbons (Fsp3) is 0.533. The summed E-state index contributed by atoms with van der Waals surface area (Å²) in [5.41, 5.74) is -0.749. The van der Waals surface area contributed by atoms with E-state index in [2.05, 4.69) is 28.8 Å². The summed E-state index contributed by atoms with van der Waals surface area (Å²) in [5, 5.41) is 4.40. The lowest BCUT2D eigenvalue weighted by Crippen LogP contribution is -2.39. The summed E-state index contributed by atoms with van der Waals surface area (Å²) in [4.78, 5) is 21.6. The summed E-state index contributed by atoms with van der Waals surface area (Å²) < 4.78 is 77.9. The molecule has 0 aromatic carbocycles. The van der Waals surface area contributed by atoms with Crippen molar-refractivity contribution in [3.05, 3.63) is 48.3 Å². The van der Waals surface area contributed by atoms with E-state index in [9.17, 15) is 26.4 Å². The first-order valence-electron chi connectivity index (χ1n) is 14.8. The molecule has 1 saturated heterocycles. The van der Waals surface area contributed by atoms with Crippen LogP contribution in [0.4, 0.5) is 19.0 Å². The Kier molecular flexibility index (Phi) is 9.02. The van der Waals surface area contributed by atoms with Gasteiger partial charge in [-0.25, -0.2) is 23.1 Å². The lowest BCUT2D eigenvalue weighted by Gasteiger charge is -2.33. The molecule has 1 aliphatic heterocycles. The predicted octanol–water partition coefficient (Wildman–Crippen LogP) is 4.98. The van der Waals surface area contributed by atoms with E-state index in [0.29, 0.717) is 24.2 Å². The topological polar surface area (TPSA) is 129 Å². The van der Waals surface area contributed by atoms with E-state index in [-0.39, 0.29) is 48.6 Å². The number of aryl methyl sites for hydroxylation is 1. The van der Waals surface area contributed by atoms with Gasteiger partial charge in [0.05, 0.1) is 24.8 Å². The van der Waals surface area contributed by atoms with Gasteiger partial charge in [0.15, 0.2) is 5.82 Å². The van der Waals surface area contributed by atoms with E-state index >= 15 is 0 Å². The Labute approximate surface area is 260 Å².